The van der Waals surface area contributed by atoms with Crippen LogP contribution >= 0.6 is 0 Å². The molecule has 2 aromatic carbocycles. The first-order valence-electron chi connectivity index (χ1n) is 7.32. The Bertz CT molecular complexity index is 624. The second kappa shape index (κ2) is 6.19. The van der Waals surface area contributed by atoms with E-state index in [1.54, 1.807) is 7.11 Å². The van der Waals surface area contributed by atoms with Crippen molar-refractivity contribution in [2.75, 3.05) is 19.0 Å². The molecule has 0 aromatic heterocycles. The van der Waals surface area contributed by atoms with Crippen LogP contribution in [0.3, 0.4) is 0 Å². The third-order valence-electron chi connectivity index (χ3n) is 3.73. The smallest absolute Gasteiger partial charge is 0.123 e. The fourth-order valence-electron chi connectivity index (χ4n) is 2.73. The lowest BCUT2D eigenvalue weighted by molar-refractivity contribution is 0.185. The summed E-state index contributed by atoms with van der Waals surface area (Å²) in [6.45, 7) is 3.57. The Hall–Kier alpha value is -2.00. The van der Waals surface area contributed by atoms with E-state index in [9.17, 15) is 0 Å². The molecule has 2 aromatic rings. The number of hydrogen-bond acceptors (Lipinski definition) is 3. The Kier molecular flexibility index (Phi) is 4.11. The second-order valence-electron chi connectivity index (χ2n) is 5.57. The molecule has 0 fully saturated rings. The molecule has 3 heteroatoms. The molecule has 1 aliphatic rings. The highest BCUT2D eigenvalue weighted by atomic mass is 16.5. The Balaban J connectivity index is 1.58. The van der Waals surface area contributed by atoms with E-state index in [4.69, 9.17) is 9.47 Å². The van der Waals surface area contributed by atoms with Gasteiger partial charge in [-0.15, -0.1) is 0 Å². The second-order valence-corrected chi connectivity index (χ2v) is 5.57. The summed E-state index contributed by atoms with van der Waals surface area (Å²) in [5.41, 5.74) is 4.89. The van der Waals surface area contributed by atoms with E-state index in [-0.39, 0.29) is 6.10 Å². The van der Waals surface area contributed by atoms with Crippen molar-refractivity contribution in [3.05, 3.63) is 59.2 Å². The zero-order valence-electron chi connectivity index (χ0n) is 12.6. The first kappa shape index (κ1) is 14.0. The van der Waals surface area contributed by atoms with Crippen LogP contribution in [0.4, 0.5) is 5.69 Å². The molecule has 1 N–H and O–H groups in total. The highest BCUT2D eigenvalue weighted by Gasteiger charge is 2.22. The van der Waals surface area contributed by atoms with Gasteiger partial charge < -0.3 is 14.8 Å². The molecule has 0 saturated heterocycles. The first-order chi connectivity index (χ1) is 10.2. The van der Waals surface area contributed by atoms with E-state index >= 15 is 0 Å². The average molecular weight is 283 g/mol. The van der Waals surface area contributed by atoms with Crippen LogP contribution in [0.5, 0.6) is 5.75 Å². The third-order valence-corrected chi connectivity index (χ3v) is 3.73. The van der Waals surface area contributed by atoms with Crippen molar-refractivity contribution in [3.63, 3.8) is 0 Å². The monoisotopic (exact) mass is 283 g/mol. The van der Waals surface area contributed by atoms with Crippen molar-refractivity contribution >= 4 is 5.69 Å². The Morgan fingerprint density at radius 3 is 3.00 bits per heavy atom. The Morgan fingerprint density at radius 2 is 2.14 bits per heavy atom. The summed E-state index contributed by atoms with van der Waals surface area (Å²) in [5.74, 6) is 1.03. The fraction of sp³-hybridized carbons (Fsp3) is 0.333. The van der Waals surface area contributed by atoms with E-state index in [2.05, 4.69) is 48.6 Å². The summed E-state index contributed by atoms with van der Waals surface area (Å²) in [6, 6.07) is 14.7. The van der Waals surface area contributed by atoms with Crippen LogP contribution in [0.1, 0.15) is 16.7 Å². The van der Waals surface area contributed by atoms with Gasteiger partial charge in [0.25, 0.3) is 0 Å². The molecule has 0 aliphatic carbocycles. The molecule has 0 amide bonds. The molecule has 3 rings (SSSR count). The quantitative estimate of drug-likeness (QED) is 0.910. The molecule has 1 aliphatic heterocycles. The maximum absolute atomic E-state index is 5.97. The van der Waals surface area contributed by atoms with Gasteiger partial charge in [0.2, 0.25) is 0 Å². The van der Waals surface area contributed by atoms with Crippen LogP contribution in [-0.4, -0.2) is 19.8 Å². The predicted molar refractivity (Wildman–Crippen MR) is 84.9 cm³/mol. The lowest BCUT2D eigenvalue weighted by atomic mass is 10.1. The summed E-state index contributed by atoms with van der Waals surface area (Å²) < 4.78 is 11.1. The van der Waals surface area contributed by atoms with Crippen molar-refractivity contribution < 1.29 is 9.47 Å². The number of anilines is 1. The largest absolute Gasteiger partial charge is 0.488 e. The van der Waals surface area contributed by atoms with Crippen molar-refractivity contribution in [3.8, 4) is 5.75 Å². The normalized spacial score (nSPS) is 16.4. The standard InChI is InChI=1S/C18H21NO2/c1-13-6-7-18-15(8-13)10-17(21-18)11-19-16-5-3-4-14(9-16)12-20-2/h3-9,17,19H,10-12H2,1-2H3. The minimum Gasteiger partial charge on any atom is -0.488 e. The molecule has 3 nitrogen and oxygen atoms in total. The van der Waals surface area contributed by atoms with Crippen molar-refractivity contribution in [2.24, 2.45) is 0 Å². The van der Waals surface area contributed by atoms with Crippen LogP contribution in [0.15, 0.2) is 42.5 Å². The number of fused-ring (bicyclic) bond motifs is 1. The van der Waals surface area contributed by atoms with Gasteiger partial charge in [-0.2, -0.15) is 0 Å². The van der Waals surface area contributed by atoms with Gasteiger partial charge in [0, 0.05) is 19.2 Å². The van der Waals surface area contributed by atoms with Gasteiger partial charge in [-0.25, -0.2) is 0 Å². The van der Waals surface area contributed by atoms with Crippen LogP contribution in [0, 0.1) is 6.92 Å². The Morgan fingerprint density at radius 1 is 1.24 bits per heavy atom. The van der Waals surface area contributed by atoms with Gasteiger partial charge in [0.05, 0.1) is 13.2 Å². The molecule has 0 radical (unpaired) electrons. The highest BCUT2D eigenvalue weighted by Crippen LogP contribution is 2.29. The van der Waals surface area contributed by atoms with Gasteiger partial charge in [-0.05, 0) is 36.2 Å². The molecule has 0 saturated carbocycles. The molecule has 1 unspecified atom stereocenters. The molecule has 0 bridgehead atoms. The zero-order chi connectivity index (χ0) is 14.7. The average Bonchev–Trinajstić information content (AvgIpc) is 2.88. The van der Waals surface area contributed by atoms with Crippen molar-refractivity contribution in [2.45, 2.75) is 26.1 Å². The number of nitrogens with one attached hydrogen (secondary N) is 1. The molecule has 0 spiro atoms. The summed E-state index contributed by atoms with van der Waals surface area (Å²) >= 11 is 0. The molecular formula is C18H21NO2. The minimum absolute atomic E-state index is 0.202. The highest BCUT2D eigenvalue weighted by molar-refractivity contribution is 5.46. The summed E-state index contributed by atoms with van der Waals surface area (Å²) in [6.07, 6.45) is 1.18. The number of benzene rings is 2. The molecular weight excluding hydrogens is 262 g/mol. The minimum atomic E-state index is 0.202. The van der Waals surface area contributed by atoms with E-state index in [0.29, 0.717) is 6.61 Å². The summed E-state index contributed by atoms with van der Waals surface area (Å²) in [4.78, 5) is 0. The fourth-order valence-corrected chi connectivity index (χ4v) is 2.73. The van der Waals surface area contributed by atoms with Gasteiger partial charge in [-0.1, -0.05) is 29.8 Å². The van der Waals surface area contributed by atoms with Crippen LogP contribution in [0.25, 0.3) is 0 Å². The van der Waals surface area contributed by atoms with E-state index in [1.807, 2.05) is 6.07 Å². The van der Waals surface area contributed by atoms with Crippen molar-refractivity contribution in [1.82, 2.24) is 0 Å². The first-order valence-corrected chi connectivity index (χ1v) is 7.32. The lowest BCUT2D eigenvalue weighted by Crippen LogP contribution is -2.23. The number of methoxy groups -OCH3 is 1. The van der Waals surface area contributed by atoms with E-state index in [1.165, 1.54) is 16.7 Å². The SMILES string of the molecule is COCc1cccc(NCC2Cc3cc(C)ccc3O2)c1. The molecule has 1 heterocycles. The number of aryl methyl sites for hydroxylation is 1. The number of rotatable bonds is 5. The summed E-state index contributed by atoms with van der Waals surface area (Å²) in [7, 11) is 1.71. The predicted octanol–water partition coefficient (Wildman–Crippen LogP) is 3.56. The number of hydrogen-bond donors (Lipinski definition) is 1. The third kappa shape index (κ3) is 3.37. The van der Waals surface area contributed by atoms with E-state index in [0.717, 1.165) is 24.4 Å². The van der Waals surface area contributed by atoms with Gasteiger partial charge in [0.15, 0.2) is 0 Å². The van der Waals surface area contributed by atoms with E-state index < -0.39 is 0 Å². The lowest BCUT2D eigenvalue weighted by Gasteiger charge is -2.13. The zero-order valence-corrected chi connectivity index (χ0v) is 12.6. The number of ether oxygens (including phenoxy) is 2. The van der Waals surface area contributed by atoms with Gasteiger partial charge >= 0.3 is 0 Å². The van der Waals surface area contributed by atoms with Crippen molar-refractivity contribution in [1.29, 1.82) is 0 Å². The maximum Gasteiger partial charge on any atom is 0.123 e. The Labute approximate surface area is 125 Å². The summed E-state index contributed by atoms with van der Waals surface area (Å²) in [5, 5.41) is 3.45. The molecule has 110 valence electrons. The maximum atomic E-state index is 5.97. The molecule has 21 heavy (non-hydrogen) atoms. The van der Waals surface area contributed by atoms with Crippen LogP contribution < -0.4 is 10.1 Å². The topological polar surface area (TPSA) is 30.5 Å². The van der Waals surface area contributed by atoms with Gasteiger partial charge in [0.1, 0.15) is 11.9 Å². The van der Waals surface area contributed by atoms with Crippen LogP contribution in [-0.2, 0) is 17.8 Å². The molecule has 1 atom stereocenters. The van der Waals surface area contributed by atoms with Crippen LogP contribution in [0.2, 0.25) is 0 Å². The van der Waals surface area contributed by atoms with Gasteiger partial charge in [-0.3, -0.25) is 0 Å².